The second-order valence-corrected chi connectivity index (χ2v) is 6.86. The van der Waals surface area contributed by atoms with Gasteiger partial charge >= 0.3 is 0 Å². The van der Waals surface area contributed by atoms with Crippen LogP contribution >= 0.6 is 27.3 Å². The van der Waals surface area contributed by atoms with Crippen molar-refractivity contribution in [1.82, 2.24) is 5.32 Å². The molecule has 2 heterocycles. The van der Waals surface area contributed by atoms with Crippen molar-refractivity contribution in [2.45, 2.75) is 57.7 Å². The van der Waals surface area contributed by atoms with Gasteiger partial charge in [-0.05, 0) is 53.1 Å². The Morgan fingerprint density at radius 2 is 2.28 bits per heavy atom. The summed E-state index contributed by atoms with van der Waals surface area (Å²) in [5.74, 6) is 0. The number of thiophene rings is 1. The van der Waals surface area contributed by atoms with E-state index in [0.29, 0.717) is 6.04 Å². The van der Waals surface area contributed by atoms with Crippen LogP contribution < -0.4 is 5.32 Å². The zero-order valence-electron chi connectivity index (χ0n) is 11.2. The lowest BCUT2D eigenvalue weighted by molar-refractivity contribution is -0.0931. The average molecular weight is 332 g/mol. The lowest BCUT2D eigenvalue weighted by Gasteiger charge is -2.40. The summed E-state index contributed by atoms with van der Waals surface area (Å²) in [7, 11) is 0. The van der Waals surface area contributed by atoms with Gasteiger partial charge in [0, 0.05) is 28.5 Å². The van der Waals surface area contributed by atoms with Crippen LogP contribution in [-0.4, -0.2) is 18.2 Å². The molecular formula is C14H22BrNOS. The first-order valence-electron chi connectivity index (χ1n) is 6.78. The molecule has 0 aliphatic carbocycles. The molecule has 102 valence electrons. The van der Waals surface area contributed by atoms with E-state index in [2.05, 4.69) is 46.5 Å². The van der Waals surface area contributed by atoms with Gasteiger partial charge in [0.05, 0.1) is 5.60 Å². The normalized spacial score (nSPS) is 23.2. The molecule has 0 saturated carbocycles. The second kappa shape index (κ2) is 6.51. The summed E-state index contributed by atoms with van der Waals surface area (Å²) in [6, 6.07) is 2.71. The smallest absolute Gasteiger partial charge is 0.0692 e. The van der Waals surface area contributed by atoms with E-state index in [9.17, 15) is 0 Å². The molecule has 1 atom stereocenters. The minimum Gasteiger partial charge on any atom is -0.375 e. The molecule has 2 rings (SSSR count). The molecule has 0 radical (unpaired) electrons. The molecule has 1 aromatic heterocycles. The number of ether oxygens (including phenoxy) is 1. The molecular weight excluding hydrogens is 310 g/mol. The monoisotopic (exact) mass is 331 g/mol. The van der Waals surface area contributed by atoms with Crippen LogP contribution in [0, 0.1) is 0 Å². The molecule has 1 fully saturated rings. The van der Waals surface area contributed by atoms with Crippen molar-refractivity contribution < 1.29 is 4.74 Å². The third kappa shape index (κ3) is 3.35. The first kappa shape index (κ1) is 14.5. The largest absolute Gasteiger partial charge is 0.375 e. The van der Waals surface area contributed by atoms with E-state index in [0.717, 1.165) is 38.8 Å². The fourth-order valence-electron chi connectivity index (χ4n) is 2.63. The maximum absolute atomic E-state index is 6.01. The second-order valence-electron chi connectivity index (χ2n) is 5.00. The highest BCUT2D eigenvalue weighted by Crippen LogP contribution is 2.32. The Morgan fingerprint density at radius 1 is 1.50 bits per heavy atom. The quantitative estimate of drug-likeness (QED) is 0.866. The van der Waals surface area contributed by atoms with Gasteiger partial charge in [0.25, 0.3) is 0 Å². The van der Waals surface area contributed by atoms with Gasteiger partial charge in [0.1, 0.15) is 0 Å². The highest BCUT2D eigenvalue weighted by molar-refractivity contribution is 9.10. The lowest BCUT2D eigenvalue weighted by Crippen LogP contribution is -2.46. The van der Waals surface area contributed by atoms with Crippen LogP contribution in [0.3, 0.4) is 0 Å². The number of rotatable bonds is 5. The Bertz CT molecular complexity index is 376. The highest BCUT2D eigenvalue weighted by atomic mass is 79.9. The zero-order chi connectivity index (χ0) is 13.0. The van der Waals surface area contributed by atoms with E-state index in [4.69, 9.17) is 4.74 Å². The molecule has 0 bridgehead atoms. The van der Waals surface area contributed by atoms with Gasteiger partial charge < -0.3 is 10.1 Å². The third-order valence-electron chi connectivity index (χ3n) is 4.02. The van der Waals surface area contributed by atoms with Crippen LogP contribution in [0.4, 0.5) is 0 Å². The molecule has 18 heavy (non-hydrogen) atoms. The third-order valence-corrected chi connectivity index (χ3v) is 5.95. The van der Waals surface area contributed by atoms with Gasteiger partial charge in [-0.2, -0.15) is 0 Å². The predicted octanol–water partition coefficient (Wildman–Crippen LogP) is 4.34. The highest BCUT2D eigenvalue weighted by Gasteiger charge is 2.34. The fraction of sp³-hybridized carbons (Fsp3) is 0.714. The standard InChI is InChI=1S/C14H22BrNOS/c1-3-14(4-2)9-11(5-7-17-14)16-10-13-12(15)6-8-18-13/h6,8,11,16H,3-5,7,9-10H2,1-2H3. The first-order valence-corrected chi connectivity index (χ1v) is 8.45. The summed E-state index contributed by atoms with van der Waals surface area (Å²) < 4.78 is 7.23. The molecule has 0 aromatic carbocycles. The topological polar surface area (TPSA) is 21.3 Å². The van der Waals surface area contributed by atoms with E-state index in [1.54, 1.807) is 0 Å². The maximum atomic E-state index is 6.01. The number of hydrogen-bond donors (Lipinski definition) is 1. The Labute approximate surface area is 122 Å². The Hall–Kier alpha value is 0.1000. The average Bonchev–Trinajstić information content (AvgIpc) is 2.82. The lowest BCUT2D eigenvalue weighted by atomic mass is 9.86. The van der Waals surface area contributed by atoms with E-state index in [-0.39, 0.29) is 5.60 Å². The number of halogens is 1. The summed E-state index contributed by atoms with van der Waals surface area (Å²) in [4.78, 5) is 1.39. The van der Waals surface area contributed by atoms with Crippen LogP contribution in [0.15, 0.2) is 15.9 Å². The maximum Gasteiger partial charge on any atom is 0.0692 e. The molecule has 1 aromatic rings. The van der Waals surface area contributed by atoms with Crippen LogP contribution in [0.2, 0.25) is 0 Å². The van der Waals surface area contributed by atoms with E-state index in [1.165, 1.54) is 9.35 Å². The molecule has 0 amide bonds. The minimum atomic E-state index is 0.114. The molecule has 1 aliphatic rings. The van der Waals surface area contributed by atoms with Crippen LogP contribution in [0.5, 0.6) is 0 Å². The van der Waals surface area contributed by atoms with Gasteiger partial charge in [0.15, 0.2) is 0 Å². The van der Waals surface area contributed by atoms with Gasteiger partial charge in [-0.1, -0.05) is 13.8 Å². The summed E-state index contributed by atoms with van der Waals surface area (Å²) in [5, 5.41) is 5.82. The molecule has 4 heteroatoms. The van der Waals surface area contributed by atoms with Gasteiger partial charge in [-0.15, -0.1) is 11.3 Å². The van der Waals surface area contributed by atoms with E-state index >= 15 is 0 Å². The van der Waals surface area contributed by atoms with Crippen LogP contribution in [0.1, 0.15) is 44.4 Å². The molecule has 2 nitrogen and oxygen atoms in total. The van der Waals surface area contributed by atoms with Crippen molar-refractivity contribution in [3.8, 4) is 0 Å². The Kier molecular flexibility index (Phi) is 5.24. The van der Waals surface area contributed by atoms with Crippen molar-refractivity contribution in [3.63, 3.8) is 0 Å². The van der Waals surface area contributed by atoms with Crippen LogP contribution in [0.25, 0.3) is 0 Å². The molecule has 1 saturated heterocycles. The molecule has 1 N–H and O–H groups in total. The molecule has 0 spiro atoms. The fourth-order valence-corrected chi connectivity index (χ4v) is 4.08. The van der Waals surface area contributed by atoms with Crippen molar-refractivity contribution in [3.05, 3.63) is 20.8 Å². The predicted molar refractivity (Wildman–Crippen MR) is 81.1 cm³/mol. The van der Waals surface area contributed by atoms with Gasteiger partial charge in [0.2, 0.25) is 0 Å². The molecule has 1 aliphatic heterocycles. The van der Waals surface area contributed by atoms with E-state index in [1.807, 2.05) is 11.3 Å². The van der Waals surface area contributed by atoms with Crippen molar-refractivity contribution in [1.29, 1.82) is 0 Å². The summed E-state index contributed by atoms with van der Waals surface area (Å²) >= 11 is 5.40. The van der Waals surface area contributed by atoms with Gasteiger partial charge in [-0.25, -0.2) is 0 Å². The van der Waals surface area contributed by atoms with Crippen LogP contribution in [-0.2, 0) is 11.3 Å². The van der Waals surface area contributed by atoms with E-state index < -0.39 is 0 Å². The molecule has 1 unspecified atom stereocenters. The Morgan fingerprint density at radius 3 is 2.89 bits per heavy atom. The zero-order valence-corrected chi connectivity index (χ0v) is 13.6. The minimum absolute atomic E-state index is 0.114. The van der Waals surface area contributed by atoms with Crippen molar-refractivity contribution in [2.24, 2.45) is 0 Å². The summed E-state index contributed by atoms with van der Waals surface area (Å²) in [6.45, 7) is 6.33. The summed E-state index contributed by atoms with van der Waals surface area (Å²) in [5.41, 5.74) is 0.114. The SMILES string of the molecule is CCC1(CC)CC(NCc2sccc2Br)CCO1. The number of hydrogen-bond acceptors (Lipinski definition) is 3. The summed E-state index contributed by atoms with van der Waals surface area (Å²) in [6.07, 6.45) is 4.50. The van der Waals surface area contributed by atoms with Crippen molar-refractivity contribution >= 4 is 27.3 Å². The first-order chi connectivity index (χ1) is 8.69. The van der Waals surface area contributed by atoms with Crippen molar-refractivity contribution in [2.75, 3.05) is 6.61 Å². The Balaban J connectivity index is 1.88. The number of nitrogens with one attached hydrogen (secondary N) is 1. The van der Waals surface area contributed by atoms with Gasteiger partial charge in [-0.3, -0.25) is 0 Å².